The molecule has 0 saturated heterocycles. The normalized spacial score (nSPS) is 31.9. The van der Waals surface area contributed by atoms with E-state index < -0.39 is 29.1 Å². The van der Waals surface area contributed by atoms with Gasteiger partial charge in [-0.2, -0.15) is 10.5 Å². The molecule has 0 saturated carbocycles. The molecule has 0 N–H and O–H groups in total. The molecule has 1 aliphatic rings. The van der Waals surface area contributed by atoms with Crippen molar-refractivity contribution in [2.45, 2.75) is 11.8 Å². The Labute approximate surface area is 76.4 Å². The second-order valence-electron chi connectivity index (χ2n) is 2.55. The van der Waals surface area contributed by atoms with Gasteiger partial charge in [0.1, 0.15) is 23.5 Å². The lowest BCUT2D eigenvalue weighted by Gasteiger charge is -2.22. The summed E-state index contributed by atoms with van der Waals surface area (Å²) in [5.41, 5.74) is -4.81. The minimum Gasteiger partial charge on any atom is -0.236 e. The zero-order valence-electron chi connectivity index (χ0n) is 6.56. The lowest BCUT2D eigenvalue weighted by atomic mass is 9.89. The largest absolute Gasteiger partial charge is 0.282 e. The van der Waals surface area contributed by atoms with E-state index in [1.54, 1.807) is 0 Å². The molecule has 6 heteroatoms. The van der Waals surface area contributed by atoms with Gasteiger partial charge in [0.15, 0.2) is 12.0 Å². The van der Waals surface area contributed by atoms with Gasteiger partial charge < -0.3 is 0 Å². The first-order valence-corrected chi connectivity index (χ1v) is 3.39. The molecule has 14 heavy (non-hydrogen) atoms. The van der Waals surface area contributed by atoms with Crippen LogP contribution in [0.5, 0.6) is 0 Å². The molecule has 1 aliphatic carbocycles. The van der Waals surface area contributed by atoms with Gasteiger partial charge in [-0.15, -0.1) is 0 Å². The van der Waals surface area contributed by atoms with Crippen molar-refractivity contribution >= 4 is 0 Å². The average Bonchev–Trinajstić information content (AvgIpc) is 2.15. The molecule has 0 fully saturated rings. The number of alkyl halides is 2. The molecular weight excluding hydrogens is 200 g/mol. The van der Waals surface area contributed by atoms with Crippen LogP contribution in [0, 0.1) is 22.7 Å². The van der Waals surface area contributed by atoms with E-state index in [2.05, 4.69) is 0 Å². The maximum atomic E-state index is 13.2. The second kappa shape index (κ2) is 3.15. The molecule has 0 heterocycles. The fourth-order valence-corrected chi connectivity index (χ4v) is 0.955. The second-order valence-corrected chi connectivity index (χ2v) is 2.55. The zero-order valence-corrected chi connectivity index (χ0v) is 6.56. The van der Waals surface area contributed by atoms with Crippen molar-refractivity contribution in [2.24, 2.45) is 0 Å². The number of nitrogens with zero attached hydrogens (tertiary/aromatic N) is 2. The number of nitriles is 2. The van der Waals surface area contributed by atoms with E-state index >= 15 is 0 Å². The standard InChI is InChI=1S/C8H2F4N2/c9-5-1-6(10)8(12,3-14)7(11)4(5)2-13/h1,7H. The SMILES string of the molecule is N#CC1=C(F)C=C(F)C(F)(C#N)C1F. The summed E-state index contributed by atoms with van der Waals surface area (Å²) in [4.78, 5) is 0. The fourth-order valence-electron chi connectivity index (χ4n) is 0.955. The molecule has 0 aromatic carbocycles. The van der Waals surface area contributed by atoms with Gasteiger partial charge in [0, 0.05) is 6.08 Å². The molecule has 2 atom stereocenters. The van der Waals surface area contributed by atoms with Crippen molar-refractivity contribution in [1.82, 2.24) is 0 Å². The van der Waals surface area contributed by atoms with Crippen molar-refractivity contribution in [3.05, 3.63) is 23.3 Å². The van der Waals surface area contributed by atoms with Crippen LogP contribution in [0.25, 0.3) is 0 Å². The lowest BCUT2D eigenvalue weighted by molar-refractivity contribution is 0.133. The summed E-state index contributed by atoms with van der Waals surface area (Å²) in [6, 6.07) is 1.77. The molecule has 0 aromatic rings. The van der Waals surface area contributed by atoms with Crippen molar-refractivity contribution in [3.63, 3.8) is 0 Å². The van der Waals surface area contributed by atoms with Crippen LogP contribution in [0.4, 0.5) is 17.6 Å². The highest BCUT2D eigenvalue weighted by Gasteiger charge is 2.51. The first-order valence-electron chi connectivity index (χ1n) is 3.39. The third-order valence-electron chi connectivity index (χ3n) is 1.74. The van der Waals surface area contributed by atoms with Gasteiger partial charge in [-0.1, -0.05) is 0 Å². The Morgan fingerprint density at radius 3 is 2.36 bits per heavy atom. The van der Waals surface area contributed by atoms with Crippen LogP contribution in [0.1, 0.15) is 0 Å². The van der Waals surface area contributed by atoms with E-state index in [9.17, 15) is 17.6 Å². The Morgan fingerprint density at radius 1 is 1.36 bits per heavy atom. The Balaban J connectivity index is 3.36. The summed E-state index contributed by atoms with van der Waals surface area (Å²) in [6.07, 6.45) is -2.93. The first kappa shape index (κ1) is 10.3. The summed E-state index contributed by atoms with van der Waals surface area (Å²) in [7, 11) is 0. The van der Waals surface area contributed by atoms with E-state index in [-0.39, 0.29) is 6.08 Å². The summed E-state index contributed by atoms with van der Waals surface area (Å²) in [6.45, 7) is 0. The van der Waals surface area contributed by atoms with Gasteiger partial charge in [-0.25, -0.2) is 17.6 Å². The molecule has 0 aromatic heterocycles. The Morgan fingerprint density at radius 2 is 1.93 bits per heavy atom. The average molecular weight is 202 g/mol. The van der Waals surface area contributed by atoms with Gasteiger partial charge >= 0.3 is 0 Å². The Kier molecular flexibility index (Phi) is 2.31. The minimum absolute atomic E-state index is 0.00213. The van der Waals surface area contributed by atoms with Gasteiger partial charge in [0.25, 0.3) is 5.67 Å². The van der Waals surface area contributed by atoms with Crippen LogP contribution in [-0.4, -0.2) is 11.8 Å². The quantitative estimate of drug-likeness (QED) is 0.565. The molecule has 2 nitrogen and oxygen atoms in total. The highest BCUT2D eigenvalue weighted by Crippen LogP contribution is 2.38. The van der Waals surface area contributed by atoms with Crippen LogP contribution in [0.2, 0.25) is 0 Å². The summed E-state index contributed by atoms with van der Waals surface area (Å²) in [5.74, 6) is -3.37. The zero-order chi connectivity index (χ0) is 10.9. The van der Waals surface area contributed by atoms with Gasteiger partial charge in [0.05, 0.1) is 0 Å². The number of hydrogen-bond acceptors (Lipinski definition) is 2. The van der Waals surface area contributed by atoms with Crippen molar-refractivity contribution < 1.29 is 17.6 Å². The predicted octanol–water partition coefficient (Wildman–Crippen LogP) is 2.17. The van der Waals surface area contributed by atoms with E-state index in [0.29, 0.717) is 0 Å². The van der Waals surface area contributed by atoms with Crippen LogP contribution in [0.3, 0.4) is 0 Å². The summed E-state index contributed by atoms with van der Waals surface area (Å²) < 4.78 is 51.5. The topological polar surface area (TPSA) is 47.6 Å². The molecule has 0 spiro atoms. The fraction of sp³-hybridized carbons (Fsp3) is 0.250. The maximum Gasteiger partial charge on any atom is 0.282 e. The van der Waals surface area contributed by atoms with Crippen LogP contribution in [0.15, 0.2) is 23.3 Å². The van der Waals surface area contributed by atoms with Gasteiger partial charge in [-0.05, 0) is 0 Å². The highest BCUT2D eigenvalue weighted by molar-refractivity contribution is 5.47. The molecular formula is C8H2F4N2. The monoisotopic (exact) mass is 202 g/mol. The van der Waals surface area contributed by atoms with Gasteiger partial charge in [-0.3, -0.25) is 0 Å². The maximum absolute atomic E-state index is 13.2. The van der Waals surface area contributed by atoms with Gasteiger partial charge in [0.2, 0.25) is 0 Å². The molecule has 72 valence electrons. The lowest BCUT2D eigenvalue weighted by Crippen LogP contribution is -2.37. The molecule has 2 unspecified atom stereocenters. The smallest absolute Gasteiger partial charge is 0.236 e. The number of hydrogen-bond donors (Lipinski definition) is 0. The van der Waals surface area contributed by atoms with Crippen molar-refractivity contribution in [1.29, 1.82) is 10.5 Å². The summed E-state index contributed by atoms with van der Waals surface area (Å²) in [5, 5.41) is 16.4. The van der Waals surface area contributed by atoms with Crippen LogP contribution >= 0.6 is 0 Å². The van der Waals surface area contributed by atoms with E-state index in [1.807, 2.05) is 0 Å². The van der Waals surface area contributed by atoms with Crippen LogP contribution in [-0.2, 0) is 0 Å². The van der Waals surface area contributed by atoms with E-state index in [0.717, 1.165) is 12.1 Å². The van der Waals surface area contributed by atoms with E-state index in [1.165, 1.54) is 0 Å². The number of allylic oxidation sites excluding steroid dienone is 4. The summed E-state index contributed by atoms with van der Waals surface area (Å²) >= 11 is 0. The first-order chi connectivity index (χ1) is 6.47. The van der Waals surface area contributed by atoms with Crippen molar-refractivity contribution in [3.8, 4) is 12.1 Å². The van der Waals surface area contributed by atoms with Crippen LogP contribution < -0.4 is 0 Å². The van der Waals surface area contributed by atoms with Crippen molar-refractivity contribution in [2.75, 3.05) is 0 Å². The number of halogens is 4. The minimum atomic E-state index is -3.60. The molecule has 0 bridgehead atoms. The number of rotatable bonds is 0. The Bertz CT molecular complexity index is 412. The molecule has 0 radical (unpaired) electrons. The predicted molar refractivity (Wildman–Crippen MR) is 37.3 cm³/mol. The molecule has 0 aliphatic heterocycles. The third kappa shape index (κ3) is 1.16. The molecule has 0 amide bonds. The third-order valence-corrected chi connectivity index (χ3v) is 1.74. The van der Waals surface area contributed by atoms with E-state index in [4.69, 9.17) is 10.5 Å². The Hall–Kier alpha value is -1.82. The highest BCUT2D eigenvalue weighted by atomic mass is 19.2. The molecule has 1 rings (SSSR count).